The van der Waals surface area contributed by atoms with Crippen molar-refractivity contribution < 1.29 is 4.42 Å². The fraction of sp³-hybridized carbons (Fsp3) is 0. The van der Waals surface area contributed by atoms with E-state index in [1.165, 1.54) is 109 Å². The van der Waals surface area contributed by atoms with Gasteiger partial charge in [0.15, 0.2) is 0 Å². The van der Waals surface area contributed by atoms with Gasteiger partial charge in [0.05, 0.1) is 0 Å². The minimum absolute atomic E-state index is 0.911. The summed E-state index contributed by atoms with van der Waals surface area (Å²) in [6.07, 6.45) is 0. The lowest BCUT2D eigenvalue weighted by molar-refractivity contribution is 0.669. The smallest absolute Gasteiger partial charge is 0.135 e. The first kappa shape index (κ1) is 33.9. The zero-order chi connectivity index (χ0) is 40.0. The van der Waals surface area contributed by atoms with Crippen LogP contribution in [0.4, 0.5) is 0 Å². The molecule has 0 saturated carbocycles. The van der Waals surface area contributed by atoms with E-state index in [4.69, 9.17) is 4.42 Å². The van der Waals surface area contributed by atoms with Gasteiger partial charge in [-0.05, 0) is 146 Å². The number of hydrogen-bond acceptors (Lipinski definition) is 1. The van der Waals surface area contributed by atoms with E-state index >= 15 is 0 Å². The van der Waals surface area contributed by atoms with Crippen molar-refractivity contribution in [3.05, 3.63) is 218 Å². The van der Waals surface area contributed by atoms with E-state index in [0.717, 1.165) is 21.9 Å². The van der Waals surface area contributed by atoms with Crippen LogP contribution >= 0.6 is 0 Å². The molecule has 0 aliphatic carbocycles. The average molecular weight is 773 g/mol. The van der Waals surface area contributed by atoms with Crippen LogP contribution in [0.2, 0.25) is 0 Å². The van der Waals surface area contributed by atoms with Gasteiger partial charge in [-0.1, -0.05) is 182 Å². The highest BCUT2D eigenvalue weighted by atomic mass is 16.3. The number of para-hydroxylation sites is 1. The van der Waals surface area contributed by atoms with Crippen molar-refractivity contribution in [1.82, 2.24) is 0 Å². The van der Waals surface area contributed by atoms with Gasteiger partial charge in [-0.25, -0.2) is 0 Å². The summed E-state index contributed by atoms with van der Waals surface area (Å²) in [6.45, 7) is 0. The normalized spacial score (nSPS) is 11.9. The van der Waals surface area contributed by atoms with Gasteiger partial charge >= 0.3 is 0 Å². The summed E-state index contributed by atoms with van der Waals surface area (Å²) in [4.78, 5) is 0. The van der Waals surface area contributed by atoms with E-state index in [-0.39, 0.29) is 0 Å². The van der Waals surface area contributed by atoms with Crippen molar-refractivity contribution >= 4 is 86.6 Å². The third-order valence-electron chi connectivity index (χ3n) is 13.0. The van der Waals surface area contributed by atoms with Gasteiger partial charge in [0, 0.05) is 10.8 Å². The van der Waals surface area contributed by atoms with Crippen molar-refractivity contribution in [2.75, 3.05) is 0 Å². The van der Waals surface area contributed by atoms with Gasteiger partial charge < -0.3 is 4.42 Å². The summed E-state index contributed by atoms with van der Waals surface area (Å²) in [5.74, 6) is 0. The Hall–Kier alpha value is -8.00. The molecule has 0 amide bonds. The molecule has 1 nitrogen and oxygen atoms in total. The SMILES string of the molecule is c1cc(-c2ccc3oc4ccccc4c3c2)cc(-c2c3ccccc3c(-c3cccc(-c4cc5c6ccccc6c6ccccc6c5c5ccccc45)c3)c3ccccc23)c1. The van der Waals surface area contributed by atoms with E-state index in [1.807, 2.05) is 12.1 Å². The summed E-state index contributed by atoms with van der Waals surface area (Å²) in [5, 5.41) is 17.6. The molecule has 13 rings (SSSR count). The molecule has 0 fully saturated rings. The molecule has 0 saturated heterocycles. The number of furan rings is 1. The molecular formula is C60H36O. The highest BCUT2D eigenvalue weighted by molar-refractivity contribution is 6.33. The van der Waals surface area contributed by atoms with Crippen molar-refractivity contribution in [2.45, 2.75) is 0 Å². The highest BCUT2D eigenvalue weighted by Crippen LogP contribution is 2.47. The number of rotatable bonds is 4. The molecule has 12 aromatic carbocycles. The van der Waals surface area contributed by atoms with Crippen LogP contribution in [-0.2, 0) is 0 Å². The van der Waals surface area contributed by atoms with E-state index in [2.05, 4.69) is 206 Å². The number of fused-ring (bicyclic) bond motifs is 13. The van der Waals surface area contributed by atoms with Gasteiger partial charge in [0.25, 0.3) is 0 Å². The lowest BCUT2D eigenvalue weighted by atomic mass is 9.84. The fourth-order valence-electron chi connectivity index (χ4n) is 10.4. The van der Waals surface area contributed by atoms with Gasteiger partial charge in [-0.3, -0.25) is 0 Å². The largest absolute Gasteiger partial charge is 0.456 e. The first-order chi connectivity index (χ1) is 30.3. The second-order valence-corrected chi connectivity index (χ2v) is 16.3. The van der Waals surface area contributed by atoms with Crippen LogP contribution in [0.3, 0.4) is 0 Å². The molecule has 0 spiro atoms. The number of benzene rings is 12. The third-order valence-corrected chi connectivity index (χ3v) is 13.0. The Morgan fingerprint density at radius 3 is 1.25 bits per heavy atom. The molecule has 0 unspecified atom stereocenters. The van der Waals surface area contributed by atoms with Crippen molar-refractivity contribution in [1.29, 1.82) is 0 Å². The van der Waals surface area contributed by atoms with Gasteiger partial charge in [-0.15, -0.1) is 0 Å². The molecule has 13 aromatic rings. The molecular weight excluding hydrogens is 737 g/mol. The Morgan fingerprint density at radius 2 is 0.623 bits per heavy atom. The molecule has 0 radical (unpaired) electrons. The lowest BCUT2D eigenvalue weighted by Gasteiger charge is -2.19. The molecule has 61 heavy (non-hydrogen) atoms. The van der Waals surface area contributed by atoms with Crippen LogP contribution in [-0.4, -0.2) is 0 Å². The van der Waals surface area contributed by atoms with Crippen LogP contribution in [0.25, 0.3) is 131 Å². The maximum atomic E-state index is 6.18. The Balaban J connectivity index is 1.02. The Bertz CT molecular complexity index is 3880. The Labute approximate surface area is 352 Å². The van der Waals surface area contributed by atoms with E-state index < -0.39 is 0 Å². The molecule has 282 valence electrons. The van der Waals surface area contributed by atoms with Crippen LogP contribution < -0.4 is 0 Å². The van der Waals surface area contributed by atoms with Gasteiger partial charge in [0.1, 0.15) is 11.2 Å². The van der Waals surface area contributed by atoms with Crippen LogP contribution in [0.1, 0.15) is 0 Å². The molecule has 0 aliphatic heterocycles. The van der Waals surface area contributed by atoms with Crippen molar-refractivity contribution in [3.63, 3.8) is 0 Å². The molecule has 1 heterocycles. The Morgan fingerprint density at radius 1 is 0.213 bits per heavy atom. The quantitative estimate of drug-likeness (QED) is 0.128. The van der Waals surface area contributed by atoms with Gasteiger partial charge in [-0.2, -0.15) is 0 Å². The maximum absolute atomic E-state index is 6.18. The molecule has 0 bridgehead atoms. The molecule has 1 aromatic heterocycles. The monoisotopic (exact) mass is 772 g/mol. The second-order valence-electron chi connectivity index (χ2n) is 16.3. The first-order valence-corrected chi connectivity index (χ1v) is 21.1. The second kappa shape index (κ2) is 13.3. The minimum Gasteiger partial charge on any atom is -0.456 e. The standard InChI is InChI=1S/C60H36O/c1-2-21-44-42(19-1)43-20-3-5-24-47(43)60-48-25-6-4-22-45(48)53(36-55(44)60)39-16-14-18-41(34-39)59-51-28-9-7-26-49(51)58(50-27-8-10-29-52(50)59)40-17-13-15-37(33-40)38-31-32-57-54(35-38)46-23-11-12-30-56(46)61-57/h1-36H. The zero-order valence-corrected chi connectivity index (χ0v) is 33.2. The van der Waals surface area contributed by atoms with Crippen LogP contribution in [0.5, 0.6) is 0 Å². The average Bonchev–Trinajstić information content (AvgIpc) is 3.71. The van der Waals surface area contributed by atoms with Crippen LogP contribution in [0, 0.1) is 0 Å². The van der Waals surface area contributed by atoms with E-state index in [9.17, 15) is 0 Å². The summed E-state index contributed by atoms with van der Waals surface area (Å²) in [7, 11) is 0. The zero-order valence-electron chi connectivity index (χ0n) is 33.2. The molecule has 1 heteroatoms. The first-order valence-electron chi connectivity index (χ1n) is 21.1. The summed E-state index contributed by atoms with van der Waals surface area (Å²) in [6, 6.07) is 80.2. The maximum Gasteiger partial charge on any atom is 0.135 e. The highest BCUT2D eigenvalue weighted by Gasteiger charge is 2.19. The molecule has 0 aliphatic rings. The summed E-state index contributed by atoms with van der Waals surface area (Å²) >= 11 is 0. The van der Waals surface area contributed by atoms with Crippen molar-refractivity contribution in [3.8, 4) is 44.5 Å². The Kier molecular flexibility index (Phi) is 7.37. The van der Waals surface area contributed by atoms with Crippen molar-refractivity contribution in [2.24, 2.45) is 0 Å². The third kappa shape index (κ3) is 5.14. The summed E-state index contributed by atoms with van der Waals surface area (Å²) < 4.78 is 6.18. The topological polar surface area (TPSA) is 13.1 Å². The predicted octanol–water partition coefficient (Wildman–Crippen LogP) is 17.2. The molecule has 0 atom stereocenters. The predicted molar refractivity (Wildman–Crippen MR) is 260 cm³/mol. The lowest BCUT2D eigenvalue weighted by Crippen LogP contribution is -1.92. The fourth-order valence-corrected chi connectivity index (χ4v) is 10.4. The summed E-state index contributed by atoms with van der Waals surface area (Å²) in [5.41, 5.74) is 11.5. The number of hydrogen-bond donors (Lipinski definition) is 0. The molecule has 0 N–H and O–H groups in total. The van der Waals surface area contributed by atoms with E-state index in [1.54, 1.807) is 0 Å². The van der Waals surface area contributed by atoms with Crippen LogP contribution in [0.15, 0.2) is 223 Å². The minimum atomic E-state index is 0.911. The van der Waals surface area contributed by atoms with E-state index in [0.29, 0.717) is 0 Å². The van der Waals surface area contributed by atoms with Gasteiger partial charge in [0.2, 0.25) is 0 Å².